The molecule has 0 spiro atoms. The Labute approximate surface area is 123 Å². The minimum absolute atomic E-state index is 0.110. The summed E-state index contributed by atoms with van der Waals surface area (Å²) >= 11 is 3.01. The smallest absolute Gasteiger partial charge is 0.322 e. The molecule has 7 heteroatoms. The highest BCUT2D eigenvalue weighted by Crippen LogP contribution is 2.28. The number of nitrogens with zero attached hydrogens (tertiary/aromatic N) is 1. The molecule has 1 fully saturated rings. The van der Waals surface area contributed by atoms with Crippen LogP contribution < -0.4 is 5.32 Å². The Morgan fingerprint density at radius 3 is 2.80 bits per heavy atom. The lowest BCUT2D eigenvalue weighted by Crippen LogP contribution is -2.50. The summed E-state index contributed by atoms with van der Waals surface area (Å²) in [7, 11) is 0. The van der Waals surface area contributed by atoms with Gasteiger partial charge in [-0.1, -0.05) is 0 Å². The van der Waals surface area contributed by atoms with Crippen molar-refractivity contribution in [2.75, 3.05) is 18.4 Å². The second-order valence-electron chi connectivity index (χ2n) is 5.20. The van der Waals surface area contributed by atoms with Crippen LogP contribution in [0.4, 0.5) is 19.3 Å². The fourth-order valence-corrected chi connectivity index (χ4v) is 2.75. The predicted molar refractivity (Wildman–Crippen MR) is 74.5 cm³/mol. The molecule has 1 saturated heterocycles. The summed E-state index contributed by atoms with van der Waals surface area (Å²) in [4.78, 5) is 13.5. The first-order valence-electron chi connectivity index (χ1n) is 6.21. The summed E-state index contributed by atoms with van der Waals surface area (Å²) in [5.41, 5.74) is -1.05. The van der Waals surface area contributed by atoms with E-state index in [4.69, 9.17) is 0 Å². The van der Waals surface area contributed by atoms with E-state index in [0.29, 0.717) is 25.5 Å². The first kappa shape index (κ1) is 15.2. The molecule has 1 atom stereocenters. The van der Waals surface area contributed by atoms with Crippen LogP contribution in [0.25, 0.3) is 0 Å². The number of β-amino-alcohol motifs (C(OH)–C–C–N with tert-alkyl or cyclic N) is 1. The van der Waals surface area contributed by atoms with Crippen molar-refractivity contribution >= 4 is 27.6 Å². The fourth-order valence-electron chi connectivity index (χ4n) is 2.24. The molecule has 1 heterocycles. The van der Waals surface area contributed by atoms with Crippen molar-refractivity contribution in [3.63, 3.8) is 0 Å². The number of anilines is 1. The maximum atomic E-state index is 13.6. The number of benzene rings is 1. The second-order valence-corrected chi connectivity index (χ2v) is 6.05. The lowest BCUT2D eigenvalue weighted by atomic mass is 9.95. The Morgan fingerprint density at radius 2 is 2.20 bits per heavy atom. The van der Waals surface area contributed by atoms with Gasteiger partial charge in [0.2, 0.25) is 0 Å². The number of amides is 2. The molecule has 0 saturated carbocycles. The highest BCUT2D eigenvalue weighted by molar-refractivity contribution is 9.10. The van der Waals surface area contributed by atoms with Gasteiger partial charge in [0, 0.05) is 17.1 Å². The number of hydrogen-bond donors (Lipinski definition) is 2. The summed E-state index contributed by atoms with van der Waals surface area (Å²) in [6.45, 7) is 2.32. The average Bonchev–Trinajstić information content (AvgIpc) is 2.32. The number of likely N-dealkylation sites (tertiary alicyclic amines) is 1. The Balaban J connectivity index is 2.12. The van der Waals surface area contributed by atoms with Crippen LogP contribution in [0.15, 0.2) is 16.6 Å². The molecule has 1 aliphatic rings. The van der Waals surface area contributed by atoms with Gasteiger partial charge in [0.05, 0.1) is 17.8 Å². The van der Waals surface area contributed by atoms with Gasteiger partial charge < -0.3 is 15.3 Å². The van der Waals surface area contributed by atoms with E-state index in [9.17, 15) is 18.7 Å². The van der Waals surface area contributed by atoms with Crippen molar-refractivity contribution in [3.05, 3.63) is 28.2 Å². The number of piperidine rings is 1. The summed E-state index contributed by atoms with van der Waals surface area (Å²) < 4.78 is 26.7. The van der Waals surface area contributed by atoms with Crippen LogP contribution in [0.5, 0.6) is 0 Å². The van der Waals surface area contributed by atoms with Gasteiger partial charge in [-0.05, 0) is 41.8 Å². The number of carbonyl (C=O) groups excluding carboxylic acids is 1. The van der Waals surface area contributed by atoms with Crippen LogP contribution in [0, 0.1) is 11.6 Å². The maximum absolute atomic E-state index is 13.6. The van der Waals surface area contributed by atoms with Crippen molar-refractivity contribution in [2.45, 2.75) is 25.4 Å². The third-order valence-electron chi connectivity index (χ3n) is 3.20. The van der Waals surface area contributed by atoms with Crippen molar-refractivity contribution in [2.24, 2.45) is 0 Å². The van der Waals surface area contributed by atoms with Crippen LogP contribution in [0.2, 0.25) is 0 Å². The fraction of sp³-hybridized carbons (Fsp3) is 0.462. The highest BCUT2D eigenvalue weighted by atomic mass is 79.9. The molecule has 0 aliphatic carbocycles. The first-order valence-corrected chi connectivity index (χ1v) is 7.01. The zero-order valence-corrected chi connectivity index (χ0v) is 12.5. The van der Waals surface area contributed by atoms with Crippen LogP contribution in [0.3, 0.4) is 0 Å². The van der Waals surface area contributed by atoms with E-state index in [2.05, 4.69) is 21.2 Å². The lowest BCUT2D eigenvalue weighted by Gasteiger charge is -2.36. The normalized spacial score (nSPS) is 22.8. The number of carbonyl (C=O) groups is 1. The topological polar surface area (TPSA) is 52.6 Å². The Hall–Kier alpha value is -1.21. The molecule has 1 aliphatic heterocycles. The van der Waals surface area contributed by atoms with Gasteiger partial charge in [-0.25, -0.2) is 13.6 Å². The van der Waals surface area contributed by atoms with E-state index in [-0.39, 0.29) is 16.7 Å². The van der Waals surface area contributed by atoms with Crippen molar-refractivity contribution in [3.8, 4) is 0 Å². The zero-order valence-electron chi connectivity index (χ0n) is 10.9. The molecular formula is C13H15BrF2N2O2. The molecule has 0 bridgehead atoms. The number of nitrogens with one attached hydrogen (secondary N) is 1. The van der Waals surface area contributed by atoms with Gasteiger partial charge >= 0.3 is 6.03 Å². The van der Waals surface area contributed by atoms with Crippen LogP contribution in [-0.4, -0.2) is 34.7 Å². The van der Waals surface area contributed by atoms with Crippen molar-refractivity contribution < 1.29 is 18.7 Å². The third-order valence-corrected chi connectivity index (χ3v) is 3.83. The molecule has 1 aromatic carbocycles. The van der Waals surface area contributed by atoms with Crippen molar-refractivity contribution in [1.82, 2.24) is 4.90 Å². The SMILES string of the molecule is CC1(O)CCCN(C(=O)Nc2c(F)cc(F)cc2Br)C1. The molecule has 20 heavy (non-hydrogen) atoms. The molecule has 2 amide bonds. The Bertz CT molecular complexity index is 514. The summed E-state index contributed by atoms with van der Waals surface area (Å²) in [5.74, 6) is -1.58. The molecule has 2 rings (SSSR count). The van der Waals surface area contributed by atoms with Gasteiger partial charge in [-0.15, -0.1) is 0 Å². The summed E-state index contributed by atoms with van der Waals surface area (Å²) in [5, 5.41) is 12.4. The largest absolute Gasteiger partial charge is 0.388 e. The van der Waals surface area contributed by atoms with Gasteiger partial charge in [-0.3, -0.25) is 0 Å². The summed E-state index contributed by atoms with van der Waals surface area (Å²) in [6, 6.07) is 1.26. The number of halogens is 3. The maximum Gasteiger partial charge on any atom is 0.322 e. The minimum atomic E-state index is -0.936. The van der Waals surface area contributed by atoms with E-state index < -0.39 is 23.3 Å². The van der Waals surface area contributed by atoms with E-state index in [1.54, 1.807) is 6.92 Å². The van der Waals surface area contributed by atoms with E-state index >= 15 is 0 Å². The average molecular weight is 349 g/mol. The molecule has 4 nitrogen and oxygen atoms in total. The lowest BCUT2D eigenvalue weighted by molar-refractivity contribution is -0.000642. The quantitative estimate of drug-likeness (QED) is 0.819. The molecule has 1 unspecified atom stereocenters. The van der Waals surface area contributed by atoms with E-state index in [0.717, 1.165) is 6.07 Å². The third kappa shape index (κ3) is 3.46. The monoisotopic (exact) mass is 348 g/mol. The molecule has 110 valence electrons. The minimum Gasteiger partial charge on any atom is -0.388 e. The number of rotatable bonds is 1. The molecule has 2 N–H and O–H groups in total. The molecular weight excluding hydrogens is 334 g/mol. The highest BCUT2D eigenvalue weighted by Gasteiger charge is 2.31. The first-order chi connectivity index (χ1) is 9.28. The van der Waals surface area contributed by atoms with Gasteiger partial charge in [-0.2, -0.15) is 0 Å². The molecule has 1 aromatic rings. The zero-order chi connectivity index (χ0) is 14.9. The van der Waals surface area contributed by atoms with Crippen molar-refractivity contribution in [1.29, 1.82) is 0 Å². The summed E-state index contributed by atoms with van der Waals surface area (Å²) in [6.07, 6.45) is 1.29. The number of hydrogen-bond acceptors (Lipinski definition) is 2. The van der Waals surface area contributed by atoms with Crippen LogP contribution >= 0.6 is 15.9 Å². The van der Waals surface area contributed by atoms with Gasteiger partial charge in [0.1, 0.15) is 5.82 Å². The second kappa shape index (κ2) is 5.65. The van der Waals surface area contributed by atoms with Crippen LogP contribution in [0.1, 0.15) is 19.8 Å². The Morgan fingerprint density at radius 1 is 1.50 bits per heavy atom. The van der Waals surface area contributed by atoms with Crippen LogP contribution in [-0.2, 0) is 0 Å². The predicted octanol–water partition coefficient (Wildman–Crippen LogP) is 3.11. The van der Waals surface area contributed by atoms with E-state index in [1.807, 2.05) is 0 Å². The van der Waals surface area contributed by atoms with Gasteiger partial charge in [0.15, 0.2) is 5.82 Å². The molecule has 0 aromatic heterocycles. The number of urea groups is 1. The molecule has 0 radical (unpaired) electrons. The van der Waals surface area contributed by atoms with E-state index in [1.165, 1.54) is 4.90 Å². The number of aliphatic hydroxyl groups is 1. The Kier molecular flexibility index (Phi) is 4.29. The van der Waals surface area contributed by atoms with Gasteiger partial charge in [0.25, 0.3) is 0 Å². The standard InChI is InChI=1S/C13H15BrF2N2O2/c1-13(20)3-2-4-18(7-13)12(19)17-11-9(14)5-8(15)6-10(11)16/h5-6,20H,2-4,7H2,1H3,(H,17,19).